The van der Waals surface area contributed by atoms with Crippen LogP contribution in [0, 0.1) is 0 Å². The van der Waals surface area contributed by atoms with Gasteiger partial charge in [0.1, 0.15) is 0 Å². The van der Waals surface area contributed by atoms with E-state index < -0.39 is 7.32 Å². The van der Waals surface area contributed by atoms with Crippen LogP contribution in [0.4, 0.5) is 0 Å². The molecule has 37 heavy (non-hydrogen) atoms. The van der Waals surface area contributed by atoms with Gasteiger partial charge in [-0.1, -0.05) is 0 Å². The van der Waals surface area contributed by atoms with E-state index >= 15 is 0 Å². The molecule has 0 aliphatic rings. The second-order valence-electron chi connectivity index (χ2n) is 6.49. The van der Waals surface area contributed by atoms with Crippen molar-refractivity contribution in [1.82, 2.24) is 0 Å². The van der Waals surface area contributed by atoms with Crippen molar-refractivity contribution in [1.29, 1.82) is 0 Å². The predicted molar refractivity (Wildman–Crippen MR) is 123 cm³/mol. The van der Waals surface area contributed by atoms with Crippen LogP contribution in [0.25, 0.3) is 0 Å². The summed E-state index contributed by atoms with van der Waals surface area (Å²) in [6, 6.07) is 0. The van der Waals surface area contributed by atoms with Crippen molar-refractivity contribution in [2.24, 2.45) is 0 Å². The van der Waals surface area contributed by atoms with Crippen LogP contribution in [0.2, 0.25) is 0 Å². The lowest BCUT2D eigenvalue weighted by Gasteiger charge is -2.13. The standard InChI is InChI=1S/C21H27BO15/c1-23-10-13(26-4)19(32-16(10)29-7)35-22(36-20-14(27-5)11(24-2)17(30-8)33-20)37-21-15(28-6)12(25-3)18(31-9)34-21/h1-9H3. The van der Waals surface area contributed by atoms with E-state index in [1.807, 2.05) is 0 Å². The molecule has 0 amide bonds. The van der Waals surface area contributed by atoms with Gasteiger partial charge in [0, 0.05) is 0 Å². The lowest BCUT2D eigenvalue weighted by molar-refractivity contribution is 0.183. The first kappa shape index (κ1) is 27.1. The van der Waals surface area contributed by atoms with E-state index in [4.69, 9.17) is 69.8 Å². The van der Waals surface area contributed by atoms with Gasteiger partial charge in [0.05, 0.1) is 64.0 Å². The second kappa shape index (κ2) is 12.0. The normalized spacial score (nSPS) is 10.3. The van der Waals surface area contributed by atoms with Gasteiger partial charge in [0.2, 0.25) is 17.2 Å². The molecule has 0 bridgehead atoms. The summed E-state index contributed by atoms with van der Waals surface area (Å²) in [5.41, 5.74) is 0. The summed E-state index contributed by atoms with van der Waals surface area (Å²) in [4.78, 5) is 0. The smallest absolute Gasteiger partial charge is 0.487 e. The number of ether oxygens (including phenoxy) is 9. The van der Waals surface area contributed by atoms with E-state index in [9.17, 15) is 0 Å². The number of hydrogen-bond acceptors (Lipinski definition) is 15. The van der Waals surface area contributed by atoms with Crippen LogP contribution in [0.1, 0.15) is 0 Å². The predicted octanol–water partition coefficient (Wildman–Crippen LogP) is 3.06. The van der Waals surface area contributed by atoms with Crippen molar-refractivity contribution in [2.75, 3.05) is 64.0 Å². The van der Waals surface area contributed by atoms with Gasteiger partial charge < -0.3 is 69.8 Å². The number of hydrogen-bond donors (Lipinski definition) is 0. The minimum Gasteiger partial charge on any atom is -0.487 e. The third kappa shape index (κ3) is 5.08. The molecule has 3 aromatic rings. The third-order valence-electron chi connectivity index (χ3n) is 4.68. The van der Waals surface area contributed by atoms with E-state index in [1.54, 1.807) is 0 Å². The SMILES string of the molecule is COc1oc(OB(Oc2oc(OC)c(OC)c2OC)Oc2oc(OC)c(OC)c2OC)c(OC)c1OC. The molecule has 0 unspecified atom stereocenters. The summed E-state index contributed by atoms with van der Waals surface area (Å²) >= 11 is 0. The monoisotopic (exact) mass is 530 g/mol. The topological polar surface area (TPSA) is 150 Å². The summed E-state index contributed by atoms with van der Waals surface area (Å²) in [5.74, 6) is -0.341. The van der Waals surface area contributed by atoms with E-state index in [0.717, 1.165) is 0 Å². The minimum absolute atomic E-state index is 0.0362. The lowest BCUT2D eigenvalue weighted by atomic mass is 10.2. The van der Waals surface area contributed by atoms with Crippen molar-refractivity contribution in [3.8, 4) is 70.2 Å². The zero-order valence-corrected chi connectivity index (χ0v) is 21.7. The van der Waals surface area contributed by atoms with Gasteiger partial charge in [-0.25, -0.2) is 0 Å². The molecule has 16 heteroatoms. The highest BCUT2D eigenvalue weighted by atomic mass is 16.8. The Morgan fingerprint density at radius 2 is 0.541 bits per heavy atom. The minimum atomic E-state index is -1.71. The first-order chi connectivity index (χ1) is 17.9. The van der Waals surface area contributed by atoms with Crippen molar-refractivity contribution in [3.63, 3.8) is 0 Å². The maximum Gasteiger partial charge on any atom is 0.870 e. The van der Waals surface area contributed by atoms with Crippen LogP contribution in [-0.2, 0) is 0 Å². The van der Waals surface area contributed by atoms with Crippen LogP contribution >= 0.6 is 0 Å². The zero-order chi connectivity index (χ0) is 27.1. The zero-order valence-electron chi connectivity index (χ0n) is 21.7. The highest BCUT2D eigenvalue weighted by molar-refractivity contribution is 6.39. The molecule has 3 rings (SSSR count). The van der Waals surface area contributed by atoms with Crippen LogP contribution in [-0.4, -0.2) is 71.3 Å². The number of methoxy groups -OCH3 is 9. The fraction of sp³-hybridized carbons (Fsp3) is 0.429. The Bertz CT molecular complexity index is 1020. The quantitative estimate of drug-likeness (QED) is 0.265. The average Bonchev–Trinajstić information content (AvgIpc) is 3.57. The Labute approximate surface area is 212 Å². The third-order valence-corrected chi connectivity index (χ3v) is 4.68. The molecule has 0 saturated carbocycles. The maximum atomic E-state index is 5.81. The molecule has 0 N–H and O–H groups in total. The molecule has 0 aliphatic heterocycles. The van der Waals surface area contributed by atoms with Crippen LogP contribution < -0.4 is 56.6 Å². The first-order valence-corrected chi connectivity index (χ1v) is 10.3. The maximum absolute atomic E-state index is 5.81. The van der Waals surface area contributed by atoms with Crippen LogP contribution in [0.15, 0.2) is 13.3 Å². The molecule has 0 fully saturated rings. The molecular weight excluding hydrogens is 503 g/mol. The summed E-state index contributed by atoms with van der Waals surface area (Å²) in [7, 11) is 10.7. The van der Waals surface area contributed by atoms with Crippen molar-refractivity contribution in [3.05, 3.63) is 0 Å². The van der Waals surface area contributed by atoms with Gasteiger partial charge in [0.25, 0.3) is 17.2 Å². The van der Waals surface area contributed by atoms with Crippen molar-refractivity contribution < 1.29 is 69.8 Å². The Morgan fingerprint density at radius 3 is 0.730 bits per heavy atom. The Hall–Kier alpha value is -4.50. The molecule has 0 spiro atoms. The van der Waals surface area contributed by atoms with E-state index in [1.165, 1.54) is 64.0 Å². The summed E-state index contributed by atoms with van der Waals surface area (Å²) in [6.45, 7) is 0. The highest BCUT2D eigenvalue weighted by Gasteiger charge is 2.42. The van der Waals surface area contributed by atoms with E-state index in [0.29, 0.717) is 0 Å². The molecular formula is C21H27BO15. The first-order valence-electron chi connectivity index (χ1n) is 10.3. The van der Waals surface area contributed by atoms with Gasteiger partial charge in [-0.05, 0) is 0 Å². The van der Waals surface area contributed by atoms with E-state index in [2.05, 4.69) is 0 Å². The molecule has 3 aromatic heterocycles. The van der Waals surface area contributed by atoms with Crippen LogP contribution in [0.5, 0.6) is 70.2 Å². The molecule has 0 aromatic carbocycles. The lowest BCUT2D eigenvalue weighted by Crippen LogP contribution is -2.37. The van der Waals surface area contributed by atoms with Crippen LogP contribution in [0.3, 0.4) is 0 Å². The Balaban J connectivity index is 2.08. The number of rotatable bonds is 15. The van der Waals surface area contributed by atoms with Gasteiger partial charge in [-0.3, -0.25) is 0 Å². The largest absolute Gasteiger partial charge is 0.870 e. The summed E-state index contributed by atoms with van der Waals surface area (Å²) in [5, 5.41) is 0. The van der Waals surface area contributed by atoms with Gasteiger partial charge in [0.15, 0.2) is 0 Å². The fourth-order valence-electron chi connectivity index (χ4n) is 3.11. The average molecular weight is 530 g/mol. The second-order valence-corrected chi connectivity index (χ2v) is 6.49. The summed E-state index contributed by atoms with van der Waals surface area (Å²) < 4.78 is 81.5. The molecule has 0 atom stereocenters. The molecule has 0 aliphatic carbocycles. The highest BCUT2D eigenvalue weighted by Crippen LogP contribution is 2.51. The fourth-order valence-corrected chi connectivity index (χ4v) is 3.11. The Kier molecular flexibility index (Phi) is 8.76. The molecule has 204 valence electrons. The molecule has 0 saturated heterocycles. The van der Waals surface area contributed by atoms with E-state index in [-0.39, 0.29) is 70.2 Å². The van der Waals surface area contributed by atoms with Gasteiger partial charge >= 0.3 is 43.0 Å². The van der Waals surface area contributed by atoms with Gasteiger partial charge in [-0.15, -0.1) is 0 Å². The summed E-state index contributed by atoms with van der Waals surface area (Å²) in [6.07, 6.45) is 0. The molecule has 15 nitrogen and oxygen atoms in total. The number of furan rings is 3. The van der Waals surface area contributed by atoms with Crippen molar-refractivity contribution >= 4 is 7.32 Å². The van der Waals surface area contributed by atoms with Crippen molar-refractivity contribution in [2.45, 2.75) is 0 Å². The van der Waals surface area contributed by atoms with Gasteiger partial charge in [-0.2, -0.15) is 0 Å². The molecule has 0 radical (unpaired) electrons. The Morgan fingerprint density at radius 1 is 0.324 bits per heavy atom. The molecule has 3 heterocycles.